The number of nitrogens with zero attached hydrogens (tertiary/aromatic N) is 4. The van der Waals surface area contributed by atoms with Crippen LogP contribution in [0.25, 0.3) is 9.88 Å². The van der Waals surface area contributed by atoms with Crippen molar-refractivity contribution in [1.29, 1.82) is 0 Å². The number of carbonyl (C=O) groups is 1. The van der Waals surface area contributed by atoms with Crippen molar-refractivity contribution in [3.8, 4) is 9.88 Å². The van der Waals surface area contributed by atoms with Gasteiger partial charge in [0, 0.05) is 26.2 Å². The van der Waals surface area contributed by atoms with E-state index in [0.29, 0.717) is 0 Å². The van der Waals surface area contributed by atoms with Crippen LogP contribution >= 0.6 is 38.6 Å². The molecule has 0 N–H and O–H groups in total. The summed E-state index contributed by atoms with van der Waals surface area (Å²) in [6, 6.07) is 4.08. The average Bonchev–Trinajstić information content (AvgIpc) is 3.17. The molecule has 1 fully saturated rings. The molecule has 1 unspecified atom stereocenters. The van der Waals surface area contributed by atoms with Crippen molar-refractivity contribution < 1.29 is 4.79 Å². The fourth-order valence-corrected chi connectivity index (χ4v) is 4.19. The normalized spacial score (nSPS) is 17.0. The minimum absolute atomic E-state index is 0.115. The third-order valence-corrected chi connectivity index (χ3v) is 5.76. The Morgan fingerprint density at radius 2 is 2.10 bits per heavy atom. The lowest BCUT2D eigenvalue weighted by molar-refractivity contribution is -0.130. The van der Waals surface area contributed by atoms with E-state index in [1.165, 1.54) is 0 Å². The van der Waals surface area contributed by atoms with Crippen molar-refractivity contribution in [2.75, 3.05) is 31.1 Å². The number of hydrogen-bond donors (Lipinski definition) is 0. The number of piperazine rings is 1. The Morgan fingerprint density at radius 1 is 1.33 bits per heavy atom. The van der Waals surface area contributed by atoms with Crippen LogP contribution in [0, 0.1) is 0 Å². The predicted molar refractivity (Wildman–Crippen MR) is 90.4 cm³/mol. The van der Waals surface area contributed by atoms with Crippen LogP contribution in [0.4, 0.5) is 5.13 Å². The summed E-state index contributed by atoms with van der Waals surface area (Å²) in [7, 11) is 0. The molecule has 112 valence electrons. The summed E-state index contributed by atoms with van der Waals surface area (Å²) >= 11 is 6.63. The molecule has 2 aromatic heterocycles. The van der Waals surface area contributed by atoms with E-state index in [-0.39, 0.29) is 10.7 Å². The van der Waals surface area contributed by atoms with Gasteiger partial charge in [-0.2, -0.15) is 0 Å². The highest BCUT2D eigenvalue weighted by molar-refractivity contribution is 9.10. The molecule has 0 spiro atoms. The predicted octanol–water partition coefficient (Wildman–Crippen LogP) is 2.70. The second-order valence-corrected chi connectivity index (χ2v) is 8.07. The van der Waals surface area contributed by atoms with Gasteiger partial charge in [0.1, 0.15) is 0 Å². The Balaban J connectivity index is 1.64. The van der Waals surface area contributed by atoms with Gasteiger partial charge in [0.2, 0.25) is 11.0 Å². The van der Waals surface area contributed by atoms with Gasteiger partial charge in [-0.1, -0.05) is 33.3 Å². The van der Waals surface area contributed by atoms with Crippen LogP contribution < -0.4 is 4.90 Å². The molecule has 1 aliphatic rings. The Morgan fingerprint density at radius 3 is 2.71 bits per heavy atom. The van der Waals surface area contributed by atoms with Crippen molar-refractivity contribution in [2.45, 2.75) is 11.8 Å². The number of rotatable bonds is 3. The maximum atomic E-state index is 11.9. The number of amides is 1. The van der Waals surface area contributed by atoms with E-state index < -0.39 is 0 Å². The van der Waals surface area contributed by atoms with E-state index in [4.69, 9.17) is 0 Å². The smallest absolute Gasteiger partial charge is 0.236 e. The number of thiophene rings is 1. The molecule has 5 nitrogen and oxygen atoms in total. The molecule has 0 aliphatic carbocycles. The zero-order chi connectivity index (χ0) is 14.8. The maximum absolute atomic E-state index is 11.9. The monoisotopic (exact) mass is 386 g/mol. The van der Waals surface area contributed by atoms with Crippen molar-refractivity contribution in [1.82, 2.24) is 15.1 Å². The molecule has 3 heterocycles. The Bertz CT molecular complexity index is 605. The van der Waals surface area contributed by atoms with Crippen LogP contribution in [-0.2, 0) is 4.79 Å². The van der Waals surface area contributed by atoms with Gasteiger partial charge < -0.3 is 9.80 Å². The zero-order valence-electron chi connectivity index (χ0n) is 11.5. The van der Waals surface area contributed by atoms with Crippen molar-refractivity contribution in [2.24, 2.45) is 0 Å². The largest absolute Gasteiger partial charge is 0.343 e. The molecule has 1 aliphatic heterocycles. The molecule has 0 aromatic carbocycles. The van der Waals surface area contributed by atoms with Crippen LogP contribution in [0.1, 0.15) is 6.92 Å². The summed E-state index contributed by atoms with van der Waals surface area (Å²) in [6.45, 7) is 4.97. The number of aromatic nitrogens is 2. The highest BCUT2D eigenvalue weighted by Crippen LogP contribution is 2.31. The van der Waals surface area contributed by atoms with Crippen molar-refractivity contribution in [3.05, 3.63) is 17.5 Å². The van der Waals surface area contributed by atoms with E-state index in [0.717, 1.165) is 41.2 Å². The Kier molecular flexibility index (Phi) is 4.56. The van der Waals surface area contributed by atoms with Crippen LogP contribution in [-0.4, -0.2) is 52.0 Å². The second kappa shape index (κ2) is 6.41. The summed E-state index contributed by atoms with van der Waals surface area (Å²) in [5.41, 5.74) is 0. The maximum Gasteiger partial charge on any atom is 0.236 e. The van der Waals surface area contributed by atoms with Gasteiger partial charge in [-0.05, 0) is 18.4 Å². The van der Waals surface area contributed by atoms with Gasteiger partial charge in [-0.15, -0.1) is 21.5 Å². The van der Waals surface area contributed by atoms with Gasteiger partial charge in [0.25, 0.3) is 0 Å². The fraction of sp³-hybridized carbons (Fsp3) is 0.462. The minimum atomic E-state index is -0.115. The van der Waals surface area contributed by atoms with Gasteiger partial charge >= 0.3 is 0 Å². The fourth-order valence-electron chi connectivity index (χ4n) is 2.21. The Hall–Kier alpha value is -0.990. The topological polar surface area (TPSA) is 49.3 Å². The summed E-state index contributed by atoms with van der Waals surface area (Å²) in [5.74, 6) is 0.159. The SMILES string of the molecule is CC(Br)C(=O)N1CCN(c2nnc(-c3cccs3)s2)CC1. The number of halogens is 1. The third kappa shape index (κ3) is 3.27. The van der Waals surface area contributed by atoms with Crippen LogP contribution in [0.3, 0.4) is 0 Å². The number of alkyl halides is 1. The van der Waals surface area contributed by atoms with Crippen molar-refractivity contribution in [3.63, 3.8) is 0 Å². The quantitative estimate of drug-likeness (QED) is 0.760. The molecule has 1 saturated heterocycles. The van der Waals surface area contributed by atoms with Gasteiger partial charge in [-0.3, -0.25) is 4.79 Å². The van der Waals surface area contributed by atoms with Gasteiger partial charge in [-0.25, -0.2) is 0 Å². The Labute approximate surface area is 139 Å². The van der Waals surface area contributed by atoms with Crippen LogP contribution in [0.5, 0.6) is 0 Å². The van der Waals surface area contributed by atoms with E-state index in [2.05, 4.69) is 37.1 Å². The van der Waals surface area contributed by atoms with Crippen molar-refractivity contribution >= 4 is 49.6 Å². The molecule has 1 atom stereocenters. The van der Waals surface area contributed by atoms with Gasteiger partial charge in [0.05, 0.1) is 9.70 Å². The lowest BCUT2D eigenvalue weighted by Crippen LogP contribution is -2.50. The first-order valence-electron chi connectivity index (χ1n) is 6.70. The molecule has 21 heavy (non-hydrogen) atoms. The average molecular weight is 387 g/mol. The molecular formula is C13H15BrN4OS2. The highest BCUT2D eigenvalue weighted by atomic mass is 79.9. The number of hydrogen-bond acceptors (Lipinski definition) is 6. The number of carbonyl (C=O) groups excluding carboxylic acids is 1. The molecule has 0 saturated carbocycles. The first kappa shape index (κ1) is 14.9. The summed E-state index contributed by atoms with van der Waals surface area (Å²) in [5, 5.41) is 12.5. The zero-order valence-corrected chi connectivity index (χ0v) is 14.7. The first-order chi connectivity index (χ1) is 10.1. The molecule has 2 aromatic rings. The number of anilines is 1. The van der Waals surface area contributed by atoms with E-state index in [1.807, 2.05) is 23.3 Å². The van der Waals surface area contributed by atoms with E-state index in [1.54, 1.807) is 22.7 Å². The minimum Gasteiger partial charge on any atom is -0.343 e. The molecule has 3 rings (SSSR count). The summed E-state index contributed by atoms with van der Waals surface area (Å²) < 4.78 is 0. The molecular weight excluding hydrogens is 372 g/mol. The van der Waals surface area contributed by atoms with Crippen LogP contribution in [0.2, 0.25) is 0 Å². The van der Waals surface area contributed by atoms with E-state index in [9.17, 15) is 4.79 Å². The molecule has 0 bridgehead atoms. The molecule has 1 amide bonds. The standard InChI is InChI=1S/C13H15BrN4OS2/c1-9(14)12(19)17-4-6-18(7-5-17)13-16-15-11(21-13)10-3-2-8-20-10/h2-3,8-9H,4-7H2,1H3. The third-order valence-electron chi connectivity index (χ3n) is 3.35. The highest BCUT2D eigenvalue weighted by Gasteiger charge is 2.25. The van der Waals surface area contributed by atoms with Gasteiger partial charge in [0.15, 0.2) is 5.01 Å². The van der Waals surface area contributed by atoms with Crippen LogP contribution in [0.15, 0.2) is 17.5 Å². The summed E-state index contributed by atoms with van der Waals surface area (Å²) in [6.07, 6.45) is 0. The lowest BCUT2D eigenvalue weighted by Gasteiger charge is -2.34. The second-order valence-electron chi connectivity index (χ2n) is 4.80. The molecule has 0 radical (unpaired) electrons. The molecule has 8 heteroatoms. The summed E-state index contributed by atoms with van der Waals surface area (Å²) in [4.78, 5) is 17.1. The lowest BCUT2D eigenvalue weighted by atomic mass is 10.3. The van der Waals surface area contributed by atoms with E-state index >= 15 is 0 Å². The first-order valence-corrected chi connectivity index (χ1v) is 9.31.